The number of sulfonamides is 1. The fourth-order valence-electron chi connectivity index (χ4n) is 2.75. The van der Waals surface area contributed by atoms with Crippen molar-refractivity contribution in [2.24, 2.45) is 0 Å². The standard InChI is InChI=1S/C20H14Cl2F2N2O4S2/c1-2-31(27,28)26-19-9-12(17(22)11-25-19)7-13-8-15(23)10-18(20(13)24)32(29,30)16-5-3-14(21)4-6-16/h2-6,8-11H,1,7H2,(H,25,26). The molecule has 0 amide bonds. The van der Waals surface area contributed by atoms with Gasteiger partial charge in [0, 0.05) is 23.0 Å². The maximum Gasteiger partial charge on any atom is 0.255 e. The van der Waals surface area contributed by atoms with E-state index in [4.69, 9.17) is 23.2 Å². The molecular formula is C20H14Cl2F2N2O4S2. The molecule has 1 N–H and O–H groups in total. The molecule has 12 heteroatoms. The number of hydrogen-bond donors (Lipinski definition) is 1. The summed E-state index contributed by atoms with van der Waals surface area (Å²) in [7, 11) is -8.26. The van der Waals surface area contributed by atoms with Crippen molar-refractivity contribution in [2.45, 2.75) is 16.2 Å². The van der Waals surface area contributed by atoms with Gasteiger partial charge in [0.15, 0.2) is 0 Å². The number of rotatable bonds is 7. The molecule has 3 rings (SSSR count). The van der Waals surface area contributed by atoms with Crippen molar-refractivity contribution in [2.75, 3.05) is 4.72 Å². The molecule has 6 nitrogen and oxygen atoms in total. The van der Waals surface area contributed by atoms with Gasteiger partial charge < -0.3 is 0 Å². The molecule has 1 heterocycles. The number of halogens is 4. The summed E-state index contributed by atoms with van der Waals surface area (Å²) >= 11 is 11.8. The smallest absolute Gasteiger partial charge is 0.255 e. The molecule has 1 aromatic heterocycles. The molecule has 32 heavy (non-hydrogen) atoms. The van der Waals surface area contributed by atoms with E-state index in [0.717, 1.165) is 12.3 Å². The number of nitrogens with zero attached hydrogens (tertiary/aromatic N) is 1. The van der Waals surface area contributed by atoms with Gasteiger partial charge in [-0.25, -0.2) is 30.6 Å². The molecule has 0 radical (unpaired) electrons. The fraction of sp³-hybridized carbons (Fsp3) is 0.0500. The number of anilines is 1. The van der Waals surface area contributed by atoms with Gasteiger partial charge in [0.1, 0.15) is 22.3 Å². The lowest BCUT2D eigenvalue weighted by molar-refractivity contribution is 0.544. The lowest BCUT2D eigenvalue weighted by Gasteiger charge is -2.12. The van der Waals surface area contributed by atoms with E-state index in [9.17, 15) is 21.2 Å². The molecule has 168 valence electrons. The second kappa shape index (κ2) is 9.14. The first-order valence-electron chi connectivity index (χ1n) is 8.71. The third kappa shape index (κ3) is 5.26. The average molecular weight is 519 g/mol. The van der Waals surface area contributed by atoms with Crippen LogP contribution in [0, 0.1) is 11.6 Å². The van der Waals surface area contributed by atoms with Crippen molar-refractivity contribution in [3.05, 3.63) is 93.5 Å². The number of aromatic nitrogens is 1. The maximum atomic E-state index is 15.2. The highest BCUT2D eigenvalue weighted by atomic mass is 35.5. The lowest BCUT2D eigenvalue weighted by atomic mass is 10.1. The van der Waals surface area contributed by atoms with Crippen LogP contribution in [0.25, 0.3) is 0 Å². The minimum absolute atomic E-state index is 0.0392. The molecule has 0 aliphatic rings. The molecule has 0 spiro atoms. The predicted octanol–water partition coefficient (Wildman–Crippen LogP) is 4.98. The van der Waals surface area contributed by atoms with Gasteiger partial charge in [0.05, 0.1) is 9.92 Å². The summed E-state index contributed by atoms with van der Waals surface area (Å²) in [5, 5.41) is 0.986. The van der Waals surface area contributed by atoms with Gasteiger partial charge in [-0.1, -0.05) is 29.8 Å². The zero-order valence-corrected chi connectivity index (χ0v) is 19.2. The predicted molar refractivity (Wildman–Crippen MR) is 118 cm³/mol. The molecule has 2 aromatic carbocycles. The van der Waals surface area contributed by atoms with Crippen LogP contribution in [0.3, 0.4) is 0 Å². The Kier molecular flexibility index (Phi) is 6.89. The highest BCUT2D eigenvalue weighted by Crippen LogP contribution is 2.30. The first kappa shape index (κ1) is 24.1. The van der Waals surface area contributed by atoms with E-state index in [1.165, 1.54) is 30.3 Å². The van der Waals surface area contributed by atoms with Crippen molar-refractivity contribution >= 4 is 48.9 Å². The van der Waals surface area contributed by atoms with Crippen LogP contribution in [0.4, 0.5) is 14.6 Å². The van der Waals surface area contributed by atoms with Gasteiger partial charge >= 0.3 is 0 Å². The van der Waals surface area contributed by atoms with E-state index in [1.807, 2.05) is 0 Å². The Hall–Kier alpha value is -2.53. The molecule has 0 saturated carbocycles. The van der Waals surface area contributed by atoms with Crippen LogP contribution in [0.1, 0.15) is 11.1 Å². The van der Waals surface area contributed by atoms with Crippen LogP contribution in [-0.4, -0.2) is 21.8 Å². The van der Waals surface area contributed by atoms with Gasteiger partial charge in [0.25, 0.3) is 10.0 Å². The first-order valence-corrected chi connectivity index (χ1v) is 12.5. The average Bonchev–Trinajstić information content (AvgIpc) is 2.73. The highest BCUT2D eigenvalue weighted by Gasteiger charge is 2.25. The summed E-state index contributed by atoms with van der Waals surface area (Å²) < 4.78 is 80.6. The van der Waals surface area contributed by atoms with Gasteiger partial charge in [-0.05, 0) is 53.6 Å². The topological polar surface area (TPSA) is 93.2 Å². The summed E-state index contributed by atoms with van der Waals surface area (Å²) in [5.41, 5.74) is -0.120. The summed E-state index contributed by atoms with van der Waals surface area (Å²) in [6.45, 7) is 3.16. The van der Waals surface area contributed by atoms with Crippen LogP contribution >= 0.6 is 23.2 Å². The third-order valence-corrected chi connectivity index (χ3v) is 7.57. The third-order valence-electron chi connectivity index (χ3n) is 4.27. The fourth-order valence-corrected chi connectivity index (χ4v) is 4.91. The Balaban J connectivity index is 2.05. The Labute approximate surface area is 193 Å². The minimum Gasteiger partial charge on any atom is -0.264 e. The van der Waals surface area contributed by atoms with E-state index in [0.29, 0.717) is 11.5 Å². The van der Waals surface area contributed by atoms with Crippen LogP contribution in [0.5, 0.6) is 0 Å². The molecule has 0 aliphatic carbocycles. The number of pyridine rings is 1. The van der Waals surface area contributed by atoms with Gasteiger partial charge in [-0.2, -0.15) is 0 Å². The van der Waals surface area contributed by atoms with E-state index in [2.05, 4.69) is 16.3 Å². The van der Waals surface area contributed by atoms with Crippen LogP contribution in [0.2, 0.25) is 10.0 Å². The van der Waals surface area contributed by atoms with Crippen LogP contribution in [-0.2, 0) is 26.3 Å². The molecule has 3 aromatic rings. The van der Waals surface area contributed by atoms with Crippen molar-refractivity contribution in [3.8, 4) is 0 Å². The van der Waals surface area contributed by atoms with Crippen LogP contribution in [0.15, 0.2) is 70.4 Å². The Morgan fingerprint density at radius 2 is 1.66 bits per heavy atom. The monoisotopic (exact) mass is 518 g/mol. The number of benzene rings is 2. The SMILES string of the molecule is C=CS(=O)(=O)Nc1cc(Cc2cc(F)cc(S(=O)(=O)c3ccc(Cl)cc3)c2F)c(Cl)cn1. The second-order valence-corrected chi connectivity index (χ2v) is 10.9. The molecule has 0 bridgehead atoms. The highest BCUT2D eigenvalue weighted by molar-refractivity contribution is 7.95. The minimum atomic E-state index is -4.39. The first-order chi connectivity index (χ1) is 14.9. The number of hydrogen-bond acceptors (Lipinski definition) is 5. The number of sulfone groups is 1. The zero-order chi connectivity index (χ0) is 23.7. The summed E-state index contributed by atoms with van der Waals surface area (Å²) in [4.78, 5) is 2.70. The maximum absolute atomic E-state index is 15.2. The van der Waals surface area contributed by atoms with Gasteiger partial charge in [-0.3, -0.25) is 4.72 Å². The normalized spacial score (nSPS) is 11.9. The van der Waals surface area contributed by atoms with Crippen molar-refractivity contribution in [1.82, 2.24) is 4.98 Å². The van der Waals surface area contributed by atoms with Gasteiger partial charge in [0.2, 0.25) is 9.84 Å². The van der Waals surface area contributed by atoms with E-state index >= 15 is 4.39 Å². The molecule has 0 unspecified atom stereocenters. The Morgan fingerprint density at radius 3 is 2.28 bits per heavy atom. The second-order valence-electron chi connectivity index (χ2n) is 6.49. The molecule has 0 fully saturated rings. The summed E-state index contributed by atoms with van der Waals surface area (Å²) in [6, 6.07) is 7.63. The van der Waals surface area contributed by atoms with Crippen LogP contribution < -0.4 is 4.72 Å². The largest absolute Gasteiger partial charge is 0.264 e. The molecule has 0 atom stereocenters. The number of nitrogens with one attached hydrogen (secondary N) is 1. The van der Waals surface area contributed by atoms with E-state index in [-0.39, 0.29) is 38.3 Å². The van der Waals surface area contributed by atoms with Crippen molar-refractivity contribution in [1.29, 1.82) is 0 Å². The molecule has 0 aliphatic heterocycles. The molecule has 0 saturated heterocycles. The summed E-state index contributed by atoms with van der Waals surface area (Å²) in [5.74, 6) is -2.27. The Morgan fingerprint density at radius 1 is 1.00 bits per heavy atom. The van der Waals surface area contributed by atoms with Crippen molar-refractivity contribution in [3.63, 3.8) is 0 Å². The quantitative estimate of drug-likeness (QED) is 0.476. The molecular weight excluding hydrogens is 505 g/mol. The van der Waals surface area contributed by atoms with E-state index < -0.39 is 36.4 Å². The van der Waals surface area contributed by atoms with Crippen molar-refractivity contribution < 1.29 is 25.6 Å². The Bertz CT molecular complexity index is 1410. The van der Waals surface area contributed by atoms with Gasteiger partial charge in [-0.15, -0.1) is 0 Å². The lowest BCUT2D eigenvalue weighted by Crippen LogP contribution is -2.11. The van der Waals surface area contributed by atoms with E-state index in [1.54, 1.807) is 0 Å². The summed E-state index contributed by atoms with van der Waals surface area (Å²) in [6.07, 6.45) is 0.789. The zero-order valence-electron chi connectivity index (χ0n) is 16.0.